The van der Waals surface area contributed by atoms with E-state index >= 15 is 0 Å². The lowest BCUT2D eigenvalue weighted by Gasteiger charge is -2.15. The summed E-state index contributed by atoms with van der Waals surface area (Å²) in [7, 11) is 0. The first-order chi connectivity index (χ1) is 10.1. The number of halogens is 3. The number of nitrogens with one attached hydrogen (secondary N) is 1. The van der Waals surface area contributed by atoms with E-state index in [1.54, 1.807) is 36.4 Å². The van der Waals surface area contributed by atoms with Gasteiger partial charge in [0.15, 0.2) is 0 Å². The average Bonchev–Trinajstić information content (AvgIpc) is 2.46. The molecule has 0 saturated heterocycles. The van der Waals surface area contributed by atoms with Gasteiger partial charge in [-0.15, -0.1) is 0 Å². The molecule has 0 saturated carbocycles. The molecule has 0 aliphatic heterocycles. The first kappa shape index (κ1) is 16.1. The molecule has 1 atom stereocenters. The van der Waals surface area contributed by atoms with E-state index in [1.165, 1.54) is 6.07 Å². The summed E-state index contributed by atoms with van der Waals surface area (Å²) in [5.74, 6) is 0.119. The molecule has 6 heteroatoms. The Morgan fingerprint density at radius 3 is 2.71 bits per heavy atom. The van der Waals surface area contributed by atoms with Gasteiger partial charge in [0.25, 0.3) is 0 Å². The lowest BCUT2D eigenvalue weighted by molar-refractivity contribution is 0.117. The second-order valence-electron chi connectivity index (χ2n) is 4.37. The van der Waals surface area contributed by atoms with Gasteiger partial charge in [-0.2, -0.15) is 0 Å². The third kappa shape index (κ3) is 4.59. The second kappa shape index (κ2) is 7.64. The normalized spacial score (nSPS) is 12.0. The Labute approximate surface area is 135 Å². The predicted molar refractivity (Wildman–Crippen MR) is 85.5 cm³/mol. The average molecular weight is 375 g/mol. The number of benzene rings is 2. The highest BCUT2D eigenvalue weighted by atomic mass is 79.9. The molecule has 0 heterocycles. The quantitative estimate of drug-likeness (QED) is 0.800. The fourth-order valence-corrected chi connectivity index (χ4v) is 2.37. The summed E-state index contributed by atoms with van der Waals surface area (Å²) >= 11 is 9.19. The van der Waals surface area contributed by atoms with E-state index in [2.05, 4.69) is 21.2 Å². The highest BCUT2D eigenvalue weighted by Crippen LogP contribution is 2.25. The van der Waals surface area contributed by atoms with E-state index < -0.39 is 6.10 Å². The molecule has 0 radical (unpaired) electrons. The third-order valence-corrected chi connectivity index (χ3v) is 3.72. The molecule has 0 spiro atoms. The first-order valence-electron chi connectivity index (χ1n) is 6.31. The zero-order chi connectivity index (χ0) is 15.2. The Balaban J connectivity index is 1.85. The molecule has 2 aromatic carbocycles. The van der Waals surface area contributed by atoms with Crippen molar-refractivity contribution in [2.45, 2.75) is 6.10 Å². The molecule has 3 nitrogen and oxygen atoms in total. The molecule has 112 valence electrons. The van der Waals surface area contributed by atoms with Gasteiger partial charge in [-0.3, -0.25) is 0 Å². The van der Waals surface area contributed by atoms with E-state index in [0.717, 1.165) is 0 Å². The van der Waals surface area contributed by atoms with Gasteiger partial charge in [-0.25, -0.2) is 4.39 Å². The number of hydrogen-bond donors (Lipinski definition) is 2. The monoisotopic (exact) mass is 373 g/mol. The van der Waals surface area contributed by atoms with Crippen molar-refractivity contribution >= 4 is 33.2 Å². The molecule has 0 bridgehead atoms. The van der Waals surface area contributed by atoms with Crippen molar-refractivity contribution in [3.63, 3.8) is 0 Å². The molecule has 2 rings (SSSR count). The molecule has 0 amide bonds. The van der Waals surface area contributed by atoms with Crippen molar-refractivity contribution < 1.29 is 14.2 Å². The van der Waals surface area contributed by atoms with E-state index in [0.29, 0.717) is 20.9 Å². The van der Waals surface area contributed by atoms with Gasteiger partial charge in [-0.1, -0.05) is 29.8 Å². The zero-order valence-electron chi connectivity index (χ0n) is 11.0. The number of para-hydroxylation sites is 2. The highest BCUT2D eigenvalue weighted by molar-refractivity contribution is 9.10. The summed E-state index contributed by atoms with van der Waals surface area (Å²) in [6.45, 7) is 0.215. The van der Waals surface area contributed by atoms with E-state index in [4.69, 9.17) is 16.3 Å². The zero-order valence-corrected chi connectivity index (χ0v) is 13.4. The van der Waals surface area contributed by atoms with Crippen LogP contribution in [-0.2, 0) is 0 Å². The number of aliphatic hydroxyl groups is 1. The number of aliphatic hydroxyl groups excluding tert-OH is 1. The van der Waals surface area contributed by atoms with Crippen LogP contribution in [0.5, 0.6) is 5.75 Å². The summed E-state index contributed by atoms with van der Waals surface area (Å²) in [6.07, 6.45) is -0.798. The van der Waals surface area contributed by atoms with Gasteiger partial charge in [0.05, 0.1) is 10.7 Å². The summed E-state index contributed by atoms with van der Waals surface area (Å²) in [5, 5.41) is 13.2. The maximum Gasteiger partial charge on any atom is 0.147 e. The SMILES string of the molecule is OC(CNc1c(F)cccc1Br)COc1ccccc1Cl. The Bertz CT molecular complexity index is 592. The molecular weight excluding hydrogens is 361 g/mol. The molecule has 21 heavy (non-hydrogen) atoms. The number of ether oxygens (including phenoxy) is 1. The van der Waals surface area contributed by atoms with Gasteiger partial charge in [0, 0.05) is 11.0 Å². The van der Waals surface area contributed by atoms with Gasteiger partial charge in [0.1, 0.15) is 24.3 Å². The van der Waals surface area contributed by atoms with E-state index in [-0.39, 0.29) is 19.0 Å². The molecule has 0 aromatic heterocycles. The Morgan fingerprint density at radius 1 is 1.24 bits per heavy atom. The van der Waals surface area contributed by atoms with Crippen LogP contribution in [0.1, 0.15) is 0 Å². The van der Waals surface area contributed by atoms with Crippen molar-refractivity contribution in [1.29, 1.82) is 0 Å². The maximum atomic E-state index is 13.6. The molecule has 0 aliphatic carbocycles. The Hall–Kier alpha value is -1.30. The summed E-state index contributed by atoms with van der Waals surface area (Å²) in [6, 6.07) is 11.7. The van der Waals surface area contributed by atoms with Crippen LogP contribution in [-0.4, -0.2) is 24.4 Å². The van der Waals surface area contributed by atoms with Gasteiger partial charge in [0.2, 0.25) is 0 Å². The van der Waals surface area contributed by atoms with Crippen molar-refractivity contribution in [2.24, 2.45) is 0 Å². The standard InChI is InChI=1S/C15H14BrClFNO2/c16-11-4-3-6-13(18)15(11)19-8-10(20)9-21-14-7-2-1-5-12(14)17/h1-7,10,19-20H,8-9H2. The van der Waals surface area contributed by atoms with Crippen LogP contribution in [0, 0.1) is 5.82 Å². The van der Waals surface area contributed by atoms with Gasteiger partial charge in [-0.05, 0) is 40.2 Å². The number of rotatable bonds is 6. The Kier molecular flexibility index (Phi) is 5.85. The van der Waals surface area contributed by atoms with Crippen molar-refractivity contribution in [3.05, 3.63) is 57.8 Å². The smallest absolute Gasteiger partial charge is 0.147 e. The largest absolute Gasteiger partial charge is 0.489 e. The third-order valence-electron chi connectivity index (χ3n) is 2.75. The van der Waals surface area contributed by atoms with Crippen LogP contribution in [0.15, 0.2) is 46.9 Å². The van der Waals surface area contributed by atoms with Crippen molar-refractivity contribution in [2.75, 3.05) is 18.5 Å². The minimum Gasteiger partial charge on any atom is -0.489 e. The van der Waals surface area contributed by atoms with Crippen LogP contribution >= 0.6 is 27.5 Å². The van der Waals surface area contributed by atoms with Crippen molar-refractivity contribution in [1.82, 2.24) is 0 Å². The van der Waals surface area contributed by atoms with Crippen LogP contribution in [0.3, 0.4) is 0 Å². The first-order valence-corrected chi connectivity index (χ1v) is 7.48. The molecular formula is C15H14BrClFNO2. The summed E-state index contributed by atoms with van der Waals surface area (Å²) < 4.78 is 19.6. The fraction of sp³-hybridized carbons (Fsp3) is 0.200. The van der Waals surface area contributed by atoms with E-state index in [9.17, 15) is 9.50 Å². The minimum absolute atomic E-state index is 0.0583. The van der Waals surface area contributed by atoms with Crippen LogP contribution < -0.4 is 10.1 Å². The molecule has 0 fully saturated rings. The molecule has 2 aromatic rings. The molecule has 2 N–H and O–H groups in total. The van der Waals surface area contributed by atoms with Gasteiger partial charge >= 0.3 is 0 Å². The predicted octanol–water partition coefficient (Wildman–Crippen LogP) is 4.09. The maximum absolute atomic E-state index is 13.6. The van der Waals surface area contributed by atoms with Crippen LogP contribution in [0.2, 0.25) is 5.02 Å². The lowest BCUT2D eigenvalue weighted by atomic mass is 10.3. The van der Waals surface area contributed by atoms with E-state index in [1.807, 2.05) is 0 Å². The summed E-state index contributed by atoms with van der Waals surface area (Å²) in [4.78, 5) is 0. The summed E-state index contributed by atoms with van der Waals surface area (Å²) in [5.41, 5.74) is 0.314. The fourth-order valence-electron chi connectivity index (χ4n) is 1.69. The molecule has 0 aliphatic rings. The van der Waals surface area contributed by atoms with Gasteiger partial charge < -0.3 is 15.2 Å². The topological polar surface area (TPSA) is 41.5 Å². The lowest BCUT2D eigenvalue weighted by Crippen LogP contribution is -2.26. The Morgan fingerprint density at radius 2 is 2.00 bits per heavy atom. The van der Waals surface area contributed by atoms with Crippen LogP contribution in [0.4, 0.5) is 10.1 Å². The second-order valence-corrected chi connectivity index (χ2v) is 5.63. The number of hydrogen-bond acceptors (Lipinski definition) is 3. The highest BCUT2D eigenvalue weighted by Gasteiger charge is 2.10. The van der Waals surface area contributed by atoms with Crippen LogP contribution in [0.25, 0.3) is 0 Å². The number of anilines is 1. The van der Waals surface area contributed by atoms with Crippen molar-refractivity contribution in [3.8, 4) is 5.75 Å². The minimum atomic E-state index is -0.798. The molecule has 1 unspecified atom stereocenters.